The van der Waals surface area contributed by atoms with Crippen molar-refractivity contribution in [3.63, 3.8) is 0 Å². The fourth-order valence-corrected chi connectivity index (χ4v) is 7.76. The zero-order valence-corrected chi connectivity index (χ0v) is 31.3. The summed E-state index contributed by atoms with van der Waals surface area (Å²) in [5, 5.41) is 4.23. The molecule has 10 rings (SSSR count). The number of hydrogen-bond acceptors (Lipinski definition) is 8. The summed E-state index contributed by atoms with van der Waals surface area (Å²) in [7, 11) is 0. The normalized spacial score (nSPS) is 13.4. The van der Waals surface area contributed by atoms with E-state index in [9.17, 15) is 9.59 Å². The molecule has 3 aliphatic rings. The van der Waals surface area contributed by atoms with Gasteiger partial charge in [-0.25, -0.2) is 29.9 Å². The molecule has 17 heteroatoms. The third-order valence-electron chi connectivity index (χ3n) is 9.29. The maximum atomic E-state index is 12.7. The van der Waals surface area contributed by atoms with Gasteiger partial charge in [0.1, 0.15) is 22.6 Å². The predicted octanol–water partition coefficient (Wildman–Crippen LogP) is 10.2. The Hall–Kier alpha value is -5.14. The van der Waals surface area contributed by atoms with E-state index < -0.39 is 11.8 Å². The van der Waals surface area contributed by atoms with Crippen LogP contribution in [0.15, 0.2) is 66.7 Å². The Morgan fingerprint density at radius 3 is 1.33 bits per heavy atom. The molecule has 0 fully saturated rings. The Kier molecular flexibility index (Phi) is 7.55. The van der Waals surface area contributed by atoms with E-state index in [0.717, 1.165) is 4.90 Å². The number of halogens is 6. The van der Waals surface area contributed by atoms with Crippen LogP contribution in [0.2, 0.25) is 30.1 Å². The monoisotopic (exact) mass is 827 g/mol. The number of hydrogen-bond donors (Lipinski definition) is 2. The number of H-pyrrole nitrogens is 2. The van der Waals surface area contributed by atoms with Crippen molar-refractivity contribution in [3.05, 3.63) is 102 Å². The van der Waals surface area contributed by atoms with Gasteiger partial charge < -0.3 is 9.97 Å². The second kappa shape index (κ2) is 12.2. The highest BCUT2D eigenvalue weighted by atomic mass is 35.5. The Morgan fingerprint density at radius 2 is 0.870 bits per heavy atom. The molecule has 2 amide bonds. The van der Waals surface area contributed by atoms with Gasteiger partial charge in [0.25, 0.3) is 11.8 Å². The number of carbonyl (C=O) groups excluding carboxylic acids is 2. The number of rotatable bonds is 2. The highest BCUT2D eigenvalue weighted by Crippen LogP contribution is 2.42. The van der Waals surface area contributed by atoms with Crippen LogP contribution in [0.3, 0.4) is 0 Å². The molecule has 0 saturated heterocycles. The number of benzene rings is 4. The molecule has 2 N–H and O–H groups in total. The van der Waals surface area contributed by atoms with E-state index in [1.54, 1.807) is 36.4 Å². The van der Waals surface area contributed by atoms with Crippen molar-refractivity contribution < 1.29 is 9.59 Å². The number of nitrogens with zero attached hydrogens (tertiary/aromatic N) is 7. The Balaban J connectivity index is 1.38. The summed E-state index contributed by atoms with van der Waals surface area (Å²) in [6.45, 7) is -0.0255. The lowest BCUT2D eigenvalue weighted by molar-refractivity contribution is -0.137. The first-order valence-corrected chi connectivity index (χ1v) is 18.2. The predicted molar refractivity (Wildman–Crippen MR) is 211 cm³/mol. The zero-order chi connectivity index (χ0) is 37.2. The van der Waals surface area contributed by atoms with E-state index in [1.165, 1.54) is 12.2 Å². The maximum absolute atomic E-state index is 12.7. The molecule has 54 heavy (non-hydrogen) atoms. The van der Waals surface area contributed by atoms with Crippen LogP contribution in [-0.4, -0.2) is 56.6 Å². The molecule has 6 heterocycles. The van der Waals surface area contributed by atoms with Crippen molar-refractivity contribution in [2.75, 3.05) is 0 Å². The van der Waals surface area contributed by atoms with Crippen molar-refractivity contribution in [2.45, 2.75) is 6.54 Å². The highest BCUT2D eigenvalue weighted by Gasteiger charge is 2.27. The Bertz CT molecular complexity index is 3100. The summed E-state index contributed by atoms with van der Waals surface area (Å²) in [5.41, 5.74) is 4.37. The minimum absolute atomic E-state index is 0.0255. The van der Waals surface area contributed by atoms with Crippen LogP contribution >= 0.6 is 69.6 Å². The largest absolute Gasteiger partial charge is 0.324 e. The topological polar surface area (TPSA) is 146 Å². The number of amides is 2. The number of carbonyl (C=O) groups is 2. The third kappa shape index (κ3) is 5.19. The van der Waals surface area contributed by atoms with Gasteiger partial charge in [0.05, 0.1) is 36.7 Å². The molecule has 11 nitrogen and oxygen atoms in total. The lowest BCUT2D eigenvalue weighted by atomic mass is 10.1. The molecule has 4 aromatic carbocycles. The summed E-state index contributed by atoms with van der Waals surface area (Å²) in [6, 6.07) is 15.6. The van der Waals surface area contributed by atoms with Crippen LogP contribution in [0.5, 0.6) is 0 Å². The van der Waals surface area contributed by atoms with E-state index in [-0.39, 0.29) is 39.9 Å². The van der Waals surface area contributed by atoms with Crippen molar-refractivity contribution in [1.82, 2.24) is 44.8 Å². The summed E-state index contributed by atoms with van der Waals surface area (Å²) in [4.78, 5) is 62.8. The second-order valence-electron chi connectivity index (χ2n) is 12.5. The van der Waals surface area contributed by atoms with Gasteiger partial charge in [-0.05, 0) is 42.0 Å². The summed E-state index contributed by atoms with van der Waals surface area (Å²) >= 11 is 39.2. The maximum Gasteiger partial charge on any atom is 0.253 e. The SMILES string of the molecule is O=C1C=CC(=O)N1Cc1cccc2c3nc4nc(nc5[nH]c(nc6nc(nc([nH]3)c12)-c1cc(Cl)c(Cl)cc1-6)c1cc(Cl)c(Cl)cc51)-c1cc(Cl)c(Cl)cc1-4. The molecule has 0 saturated carbocycles. The average Bonchev–Trinajstić information content (AvgIpc) is 3.92. The first-order valence-electron chi connectivity index (χ1n) is 16.0. The molecule has 3 aliphatic heterocycles. The average molecular weight is 830 g/mol. The van der Waals surface area contributed by atoms with Gasteiger partial charge in [0.15, 0.2) is 23.3 Å². The molecular weight excluding hydrogens is 815 g/mol. The van der Waals surface area contributed by atoms with E-state index in [2.05, 4.69) is 9.97 Å². The van der Waals surface area contributed by atoms with Gasteiger partial charge in [0, 0.05) is 56.0 Å². The van der Waals surface area contributed by atoms with Crippen LogP contribution < -0.4 is 0 Å². The molecule has 0 radical (unpaired) electrons. The van der Waals surface area contributed by atoms with Crippen LogP contribution in [0.1, 0.15) is 5.56 Å². The van der Waals surface area contributed by atoms with Gasteiger partial charge in [0.2, 0.25) is 0 Å². The van der Waals surface area contributed by atoms with Crippen molar-refractivity contribution in [1.29, 1.82) is 0 Å². The lowest BCUT2D eigenvalue weighted by Crippen LogP contribution is -2.29. The number of aromatic nitrogens is 8. The summed E-state index contributed by atoms with van der Waals surface area (Å²) in [6.07, 6.45) is 2.48. The van der Waals surface area contributed by atoms with Crippen LogP contribution in [0.4, 0.5) is 0 Å². The minimum Gasteiger partial charge on any atom is -0.324 e. The second-order valence-corrected chi connectivity index (χ2v) is 14.9. The number of aromatic amines is 2. The fraction of sp³-hybridized carbons (Fsp3) is 0.0270. The summed E-state index contributed by atoms with van der Waals surface area (Å²) < 4.78 is 0. The molecule has 0 unspecified atom stereocenters. The van der Waals surface area contributed by atoms with Crippen LogP contribution in [0, 0.1) is 0 Å². The van der Waals surface area contributed by atoms with Gasteiger partial charge in [-0.15, -0.1) is 0 Å². The van der Waals surface area contributed by atoms with E-state index in [1.807, 2.05) is 18.2 Å². The molecule has 0 aliphatic carbocycles. The van der Waals surface area contributed by atoms with E-state index >= 15 is 0 Å². The first kappa shape index (κ1) is 33.4. The number of nitrogens with one attached hydrogen (secondary N) is 2. The van der Waals surface area contributed by atoms with Gasteiger partial charge in [-0.1, -0.05) is 87.8 Å². The molecule has 0 atom stereocenters. The molecule has 7 aromatic rings. The lowest BCUT2D eigenvalue weighted by Gasteiger charge is -2.14. The number of fused-ring (bicyclic) bond motifs is 20. The molecule has 0 spiro atoms. The minimum atomic E-state index is -0.425. The van der Waals surface area contributed by atoms with Crippen molar-refractivity contribution in [2.24, 2.45) is 0 Å². The zero-order valence-electron chi connectivity index (χ0n) is 26.8. The molecule has 3 aromatic heterocycles. The quantitative estimate of drug-likeness (QED) is 0.164. The first-order chi connectivity index (χ1) is 26.0. The highest BCUT2D eigenvalue weighted by molar-refractivity contribution is 6.44. The van der Waals surface area contributed by atoms with Gasteiger partial charge in [-0.2, -0.15) is 0 Å². The van der Waals surface area contributed by atoms with Crippen LogP contribution in [0.25, 0.3) is 89.7 Å². The smallest absolute Gasteiger partial charge is 0.253 e. The third-order valence-corrected chi connectivity index (χ3v) is 11.5. The molecular formula is C37H15Cl6N9O2. The van der Waals surface area contributed by atoms with Gasteiger partial charge >= 0.3 is 0 Å². The van der Waals surface area contributed by atoms with E-state index in [4.69, 9.17) is 99.5 Å². The summed E-state index contributed by atoms with van der Waals surface area (Å²) in [5.74, 6) is 0.255. The van der Waals surface area contributed by atoms with Crippen molar-refractivity contribution in [3.8, 4) is 45.6 Å². The molecule has 8 bridgehead atoms. The van der Waals surface area contributed by atoms with Crippen LogP contribution in [-0.2, 0) is 16.1 Å². The van der Waals surface area contributed by atoms with E-state index in [0.29, 0.717) is 92.0 Å². The molecule has 262 valence electrons. The van der Waals surface area contributed by atoms with Crippen molar-refractivity contribution >= 4 is 126 Å². The number of imide groups is 1. The fourth-order valence-electron chi connectivity index (χ4n) is 6.78. The standard InChI is InChI=1S/C37H15Cl6N9O2/c38-21-6-15-16(7-22(21)39)32-45-31(15)44-30-14-3-1-2-13(12-52-27(53)4-5-28(52)54)29(14)37(50-30)51-36-20-11-26(43)25(42)10-19(20)35(49-36)48-34-18-9-24(41)23(40)8-17(18)33(46-32)47-34/h1-11H,12H2,(H2,44,45,46,47,48,49,50,51). The Labute approximate surface area is 332 Å². The van der Waals surface area contributed by atoms with Gasteiger partial charge in [-0.3, -0.25) is 14.5 Å². The Morgan fingerprint density at radius 1 is 0.481 bits per heavy atom.